The molecule has 0 saturated heterocycles. The van der Waals surface area contributed by atoms with Gasteiger partial charge in [0, 0.05) is 24.8 Å². The Labute approximate surface area is 85.8 Å². The van der Waals surface area contributed by atoms with E-state index in [0.29, 0.717) is 0 Å². The van der Waals surface area contributed by atoms with Crippen LogP contribution in [0.15, 0.2) is 18.5 Å². The molecule has 0 bridgehead atoms. The molecule has 0 fully saturated rings. The molecule has 1 aromatic heterocycles. The van der Waals surface area contributed by atoms with Crippen LogP contribution in [0.3, 0.4) is 0 Å². The van der Waals surface area contributed by atoms with Crippen LogP contribution in [-0.4, -0.2) is 22.9 Å². The Morgan fingerprint density at radius 1 is 1.50 bits per heavy atom. The van der Waals surface area contributed by atoms with Crippen molar-refractivity contribution in [2.75, 3.05) is 13.1 Å². The Kier molecular flexibility index (Phi) is 5.00. The Morgan fingerprint density at radius 3 is 3.00 bits per heavy atom. The number of hydrogen-bond acceptors (Lipinski definition) is 2. The predicted molar refractivity (Wildman–Crippen MR) is 60.1 cm³/mol. The van der Waals surface area contributed by atoms with E-state index in [1.54, 1.807) is 0 Å². The van der Waals surface area contributed by atoms with Crippen LogP contribution in [0.25, 0.3) is 6.08 Å². The van der Waals surface area contributed by atoms with Gasteiger partial charge < -0.3 is 5.32 Å². The van der Waals surface area contributed by atoms with Crippen molar-refractivity contribution in [3.05, 3.63) is 24.0 Å². The third-order valence-electron chi connectivity index (χ3n) is 1.98. The first-order valence-electron chi connectivity index (χ1n) is 5.26. The molecular formula is C11H19N3. The molecule has 0 aliphatic rings. The third kappa shape index (κ3) is 3.75. The lowest BCUT2D eigenvalue weighted by Crippen LogP contribution is -2.13. The van der Waals surface area contributed by atoms with Gasteiger partial charge in [0.15, 0.2) is 0 Å². The fourth-order valence-corrected chi connectivity index (χ4v) is 1.20. The van der Waals surface area contributed by atoms with Crippen molar-refractivity contribution in [1.82, 2.24) is 15.1 Å². The van der Waals surface area contributed by atoms with Gasteiger partial charge in [-0.2, -0.15) is 5.10 Å². The van der Waals surface area contributed by atoms with Gasteiger partial charge in [0.25, 0.3) is 0 Å². The first kappa shape index (κ1) is 11.0. The van der Waals surface area contributed by atoms with Crippen LogP contribution in [-0.2, 0) is 6.54 Å². The van der Waals surface area contributed by atoms with Crippen LogP contribution in [0.4, 0.5) is 0 Å². The largest absolute Gasteiger partial charge is 0.313 e. The second-order valence-electron chi connectivity index (χ2n) is 3.24. The Bertz CT molecular complexity index is 276. The van der Waals surface area contributed by atoms with Gasteiger partial charge >= 0.3 is 0 Å². The molecule has 1 heterocycles. The zero-order valence-electron chi connectivity index (χ0n) is 9.03. The lowest BCUT2D eigenvalue weighted by atomic mass is 10.3. The highest BCUT2D eigenvalue weighted by molar-refractivity contribution is 5.46. The summed E-state index contributed by atoms with van der Waals surface area (Å²) in [6, 6.07) is 0. The number of hydrogen-bond donors (Lipinski definition) is 1. The number of aryl methyl sites for hydroxylation is 1. The summed E-state index contributed by atoms with van der Waals surface area (Å²) < 4.78 is 1.93. The van der Waals surface area contributed by atoms with E-state index in [0.717, 1.165) is 19.6 Å². The van der Waals surface area contributed by atoms with Gasteiger partial charge in [-0.15, -0.1) is 0 Å². The highest BCUT2D eigenvalue weighted by Gasteiger charge is 1.90. The molecule has 0 radical (unpaired) electrons. The first-order valence-corrected chi connectivity index (χ1v) is 5.26. The van der Waals surface area contributed by atoms with Crippen LogP contribution in [0.2, 0.25) is 0 Å². The fourth-order valence-electron chi connectivity index (χ4n) is 1.20. The highest BCUT2D eigenvalue weighted by atomic mass is 15.3. The third-order valence-corrected chi connectivity index (χ3v) is 1.98. The topological polar surface area (TPSA) is 29.9 Å². The molecule has 0 spiro atoms. The minimum Gasteiger partial charge on any atom is -0.313 e. The average molecular weight is 193 g/mol. The maximum absolute atomic E-state index is 4.19. The monoisotopic (exact) mass is 193 g/mol. The van der Waals surface area contributed by atoms with Gasteiger partial charge in [-0.25, -0.2) is 0 Å². The van der Waals surface area contributed by atoms with E-state index in [4.69, 9.17) is 0 Å². The number of nitrogens with zero attached hydrogens (tertiary/aromatic N) is 2. The molecule has 0 unspecified atom stereocenters. The summed E-state index contributed by atoms with van der Waals surface area (Å²) >= 11 is 0. The van der Waals surface area contributed by atoms with Crippen molar-refractivity contribution in [3.8, 4) is 0 Å². The van der Waals surface area contributed by atoms with Crippen LogP contribution >= 0.6 is 0 Å². The summed E-state index contributed by atoms with van der Waals surface area (Å²) in [4.78, 5) is 0. The molecule has 78 valence electrons. The molecule has 1 rings (SSSR count). The SMILES string of the molecule is CCCNC/C=C/c1cnn(CC)c1. The first-order chi connectivity index (χ1) is 6.86. The van der Waals surface area contributed by atoms with Crippen LogP contribution in [0.1, 0.15) is 25.8 Å². The average Bonchev–Trinajstić information content (AvgIpc) is 2.65. The van der Waals surface area contributed by atoms with Gasteiger partial charge in [0.2, 0.25) is 0 Å². The summed E-state index contributed by atoms with van der Waals surface area (Å²) in [5.41, 5.74) is 1.17. The fraction of sp³-hybridized carbons (Fsp3) is 0.545. The molecule has 0 atom stereocenters. The van der Waals surface area contributed by atoms with E-state index in [-0.39, 0.29) is 0 Å². The summed E-state index contributed by atoms with van der Waals surface area (Å²) in [6.45, 7) is 7.21. The molecule has 0 amide bonds. The smallest absolute Gasteiger partial charge is 0.0562 e. The van der Waals surface area contributed by atoms with E-state index in [1.807, 2.05) is 10.9 Å². The van der Waals surface area contributed by atoms with Crippen LogP contribution < -0.4 is 5.32 Å². The van der Waals surface area contributed by atoms with Gasteiger partial charge in [0.05, 0.1) is 6.20 Å². The van der Waals surface area contributed by atoms with Crippen molar-refractivity contribution in [2.45, 2.75) is 26.8 Å². The molecule has 0 aliphatic heterocycles. The van der Waals surface area contributed by atoms with Gasteiger partial charge in [0.1, 0.15) is 0 Å². The lowest BCUT2D eigenvalue weighted by molar-refractivity contribution is 0.660. The maximum Gasteiger partial charge on any atom is 0.0562 e. The second-order valence-corrected chi connectivity index (χ2v) is 3.24. The molecule has 3 heteroatoms. The summed E-state index contributed by atoms with van der Waals surface area (Å²) in [5.74, 6) is 0. The van der Waals surface area contributed by atoms with E-state index < -0.39 is 0 Å². The molecule has 0 aromatic carbocycles. The number of aromatic nitrogens is 2. The zero-order chi connectivity index (χ0) is 10.2. The standard InChI is InChI=1S/C11H19N3/c1-3-7-12-8-5-6-11-9-13-14(4-2)10-11/h5-6,9-10,12H,3-4,7-8H2,1-2H3/b6-5+. The molecule has 0 aliphatic carbocycles. The molecule has 1 aromatic rings. The predicted octanol–water partition coefficient (Wildman–Crippen LogP) is 1.92. The minimum absolute atomic E-state index is 0.932. The molecule has 1 N–H and O–H groups in total. The summed E-state index contributed by atoms with van der Waals surface area (Å²) in [5, 5.41) is 7.51. The van der Waals surface area contributed by atoms with Crippen LogP contribution in [0, 0.1) is 0 Å². The molecule has 14 heavy (non-hydrogen) atoms. The van der Waals surface area contributed by atoms with Gasteiger partial charge in [-0.05, 0) is 19.9 Å². The molecular weight excluding hydrogens is 174 g/mol. The van der Waals surface area contributed by atoms with E-state index in [9.17, 15) is 0 Å². The zero-order valence-corrected chi connectivity index (χ0v) is 9.03. The van der Waals surface area contributed by atoms with Crippen molar-refractivity contribution in [1.29, 1.82) is 0 Å². The normalized spacial score (nSPS) is 11.3. The molecule has 0 saturated carbocycles. The van der Waals surface area contributed by atoms with Crippen molar-refractivity contribution in [2.24, 2.45) is 0 Å². The minimum atomic E-state index is 0.932. The van der Waals surface area contributed by atoms with Crippen molar-refractivity contribution < 1.29 is 0 Å². The summed E-state index contributed by atoms with van der Waals surface area (Å²) in [7, 11) is 0. The van der Waals surface area contributed by atoms with E-state index in [2.05, 4.69) is 42.6 Å². The Hall–Kier alpha value is -1.09. The lowest BCUT2D eigenvalue weighted by Gasteiger charge is -1.95. The Morgan fingerprint density at radius 2 is 2.36 bits per heavy atom. The number of nitrogens with one attached hydrogen (secondary N) is 1. The van der Waals surface area contributed by atoms with Gasteiger partial charge in [-0.3, -0.25) is 4.68 Å². The summed E-state index contributed by atoms with van der Waals surface area (Å²) in [6.07, 6.45) is 9.35. The number of rotatable bonds is 6. The maximum atomic E-state index is 4.19. The second kappa shape index (κ2) is 6.38. The van der Waals surface area contributed by atoms with E-state index >= 15 is 0 Å². The highest BCUT2D eigenvalue weighted by Crippen LogP contribution is 1.99. The van der Waals surface area contributed by atoms with Gasteiger partial charge in [-0.1, -0.05) is 19.1 Å². The quantitative estimate of drug-likeness (QED) is 0.699. The Balaban J connectivity index is 2.28. The van der Waals surface area contributed by atoms with Crippen molar-refractivity contribution in [3.63, 3.8) is 0 Å². The van der Waals surface area contributed by atoms with Crippen molar-refractivity contribution >= 4 is 6.08 Å². The van der Waals surface area contributed by atoms with E-state index in [1.165, 1.54) is 12.0 Å². The molecule has 3 nitrogen and oxygen atoms in total. The van der Waals surface area contributed by atoms with Crippen LogP contribution in [0.5, 0.6) is 0 Å².